The molecule has 0 aliphatic carbocycles. The summed E-state index contributed by atoms with van der Waals surface area (Å²) in [4.78, 5) is 30.1. The average Bonchev–Trinajstić information content (AvgIpc) is 3.05. The number of aryl methyl sites for hydroxylation is 1. The number of ether oxygens (including phenoxy) is 1. The van der Waals surface area contributed by atoms with Crippen LogP contribution >= 0.6 is 45.2 Å². The molecule has 2 aromatic heterocycles. The number of nitrogens with zero attached hydrogens (tertiary/aromatic N) is 5. The van der Waals surface area contributed by atoms with Gasteiger partial charge in [-0.1, -0.05) is 0 Å². The largest absolute Gasteiger partial charge is 0.455 e. The lowest BCUT2D eigenvalue weighted by Gasteiger charge is -2.13. The van der Waals surface area contributed by atoms with Gasteiger partial charge in [0.1, 0.15) is 11.8 Å². The summed E-state index contributed by atoms with van der Waals surface area (Å²) >= 11 is 4.20. The minimum Gasteiger partial charge on any atom is -0.455 e. The molecule has 0 unspecified atom stereocenters. The summed E-state index contributed by atoms with van der Waals surface area (Å²) in [6.07, 6.45) is 1.74. The number of imidazole rings is 1. The fraction of sp³-hybridized carbons (Fsp3) is 0.0556. The first kappa shape index (κ1) is 19.6. The van der Waals surface area contributed by atoms with Crippen molar-refractivity contribution in [2.75, 3.05) is 0 Å². The third-order valence-corrected chi connectivity index (χ3v) is 5.68. The number of rotatable bonds is 3. The van der Waals surface area contributed by atoms with Crippen LogP contribution in [0.5, 0.6) is 11.5 Å². The second-order valence-electron chi connectivity index (χ2n) is 5.98. The van der Waals surface area contributed by atoms with Crippen molar-refractivity contribution < 1.29 is 4.74 Å². The van der Waals surface area contributed by atoms with Gasteiger partial charge in [-0.3, -0.25) is 9.78 Å². The molecule has 0 saturated carbocycles. The summed E-state index contributed by atoms with van der Waals surface area (Å²) in [5.74, 6) is 1.27. The predicted octanol–water partition coefficient (Wildman–Crippen LogP) is 2.68. The van der Waals surface area contributed by atoms with Crippen molar-refractivity contribution in [1.29, 1.82) is 5.26 Å². The summed E-state index contributed by atoms with van der Waals surface area (Å²) < 4.78 is 10.4. The zero-order chi connectivity index (χ0) is 20.7. The van der Waals surface area contributed by atoms with Gasteiger partial charge in [-0.25, -0.2) is 9.78 Å². The Balaban J connectivity index is 1.76. The van der Waals surface area contributed by atoms with Crippen LogP contribution in [-0.2, 0) is 7.05 Å². The third-order valence-electron chi connectivity index (χ3n) is 4.08. The lowest BCUT2D eigenvalue weighted by atomic mass is 10.3. The number of aromatic nitrogens is 5. The predicted molar refractivity (Wildman–Crippen MR) is 121 cm³/mol. The van der Waals surface area contributed by atoms with Gasteiger partial charge in [0, 0.05) is 13.1 Å². The maximum absolute atomic E-state index is 12.1. The Morgan fingerprint density at radius 1 is 1.17 bits per heavy atom. The van der Waals surface area contributed by atoms with Crippen molar-refractivity contribution >= 4 is 56.2 Å². The molecule has 9 nitrogen and oxygen atoms in total. The van der Waals surface area contributed by atoms with E-state index in [9.17, 15) is 9.59 Å². The van der Waals surface area contributed by atoms with Crippen LogP contribution in [0.4, 0.5) is 0 Å². The molecule has 0 radical (unpaired) electrons. The van der Waals surface area contributed by atoms with E-state index in [4.69, 9.17) is 10.00 Å². The highest BCUT2D eigenvalue weighted by Crippen LogP contribution is 2.34. The molecule has 1 N–H and O–H groups in total. The molecule has 0 fully saturated rings. The third kappa shape index (κ3) is 3.65. The van der Waals surface area contributed by atoms with Gasteiger partial charge in [0.15, 0.2) is 5.75 Å². The highest BCUT2D eigenvalue weighted by molar-refractivity contribution is 14.1. The highest BCUT2D eigenvalue weighted by Gasteiger charge is 2.15. The van der Waals surface area contributed by atoms with Crippen LogP contribution in [0.2, 0.25) is 0 Å². The number of hydrogen-bond acceptors (Lipinski definition) is 6. The van der Waals surface area contributed by atoms with Gasteiger partial charge in [-0.05, 0) is 69.4 Å². The van der Waals surface area contributed by atoms with E-state index in [-0.39, 0.29) is 5.69 Å². The van der Waals surface area contributed by atoms with Crippen molar-refractivity contribution in [3.8, 4) is 23.3 Å². The van der Waals surface area contributed by atoms with Gasteiger partial charge in [-0.15, -0.1) is 5.10 Å². The first-order valence-corrected chi connectivity index (χ1v) is 10.2. The van der Waals surface area contributed by atoms with E-state index in [0.29, 0.717) is 17.2 Å². The molecule has 0 atom stereocenters. The van der Waals surface area contributed by atoms with Gasteiger partial charge in [0.2, 0.25) is 5.69 Å². The van der Waals surface area contributed by atoms with Crippen LogP contribution in [0, 0.1) is 18.5 Å². The molecule has 29 heavy (non-hydrogen) atoms. The van der Waals surface area contributed by atoms with E-state index in [0.717, 1.165) is 22.9 Å². The normalized spacial score (nSPS) is 10.8. The van der Waals surface area contributed by atoms with Crippen LogP contribution in [-0.4, -0.2) is 24.3 Å². The molecule has 2 aromatic carbocycles. The number of nitrogens with one attached hydrogen (secondary N) is 1. The summed E-state index contributed by atoms with van der Waals surface area (Å²) in [5.41, 5.74) is 0.290. The molecule has 0 saturated heterocycles. The molecule has 0 spiro atoms. The Morgan fingerprint density at radius 2 is 1.90 bits per heavy atom. The van der Waals surface area contributed by atoms with Gasteiger partial charge in [0.05, 0.1) is 30.2 Å². The van der Waals surface area contributed by atoms with Crippen molar-refractivity contribution in [3.63, 3.8) is 0 Å². The first-order chi connectivity index (χ1) is 13.9. The maximum Gasteiger partial charge on any atom is 0.349 e. The SMILES string of the molecule is Cn1cnc2ccc(Oc3c(I)cc(-n4nc(C#N)c(=O)[nH]c4=O)cc3I)cc21. The number of halogens is 2. The van der Waals surface area contributed by atoms with Gasteiger partial charge >= 0.3 is 5.69 Å². The molecule has 144 valence electrons. The lowest BCUT2D eigenvalue weighted by molar-refractivity contribution is 0.476. The topological polar surface area (TPSA) is 119 Å². The van der Waals surface area contributed by atoms with E-state index < -0.39 is 11.2 Å². The second kappa shape index (κ2) is 7.59. The van der Waals surface area contributed by atoms with E-state index in [1.54, 1.807) is 24.5 Å². The van der Waals surface area contributed by atoms with Gasteiger partial charge in [0.25, 0.3) is 5.56 Å². The summed E-state index contributed by atoms with van der Waals surface area (Å²) in [6, 6.07) is 10.7. The van der Waals surface area contributed by atoms with Crippen molar-refractivity contribution in [2.45, 2.75) is 0 Å². The number of nitriles is 1. The highest BCUT2D eigenvalue weighted by atomic mass is 127. The van der Waals surface area contributed by atoms with Crippen LogP contribution in [0.25, 0.3) is 16.7 Å². The molecule has 0 aliphatic rings. The molecule has 0 amide bonds. The molecular formula is C18H10I2N6O3. The Morgan fingerprint density at radius 3 is 2.59 bits per heavy atom. The molecule has 4 rings (SSSR count). The molecule has 4 aromatic rings. The molecule has 0 aliphatic heterocycles. The fourth-order valence-electron chi connectivity index (χ4n) is 2.70. The fourth-order valence-corrected chi connectivity index (χ4v) is 4.66. The second-order valence-corrected chi connectivity index (χ2v) is 8.30. The van der Waals surface area contributed by atoms with Crippen molar-refractivity contribution in [1.82, 2.24) is 24.3 Å². The van der Waals surface area contributed by atoms with E-state index >= 15 is 0 Å². The number of H-pyrrole nitrogens is 1. The number of hydrogen-bond donors (Lipinski definition) is 1. The molecule has 0 bridgehead atoms. The average molecular weight is 612 g/mol. The quantitative estimate of drug-likeness (QED) is 0.356. The zero-order valence-electron chi connectivity index (χ0n) is 14.7. The maximum atomic E-state index is 12.1. The van der Waals surface area contributed by atoms with Gasteiger partial charge < -0.3 is 9.30 Å². The first-order valence-electron chi connectivity index (χ1n) is 8.09. The number of fused-ring (bicyclic) bond motifs is 1. The monoisotopic (exact) mass is 612 g/mol. The van der Waals surface area contributed by atoms with Crippen LogP contribution in [0.3, 0.4) is 0 Å². The van der Waals surface area contributed by atoms with Crippen LogP contribution in [0.15, 0.2) is 46.2 Å². The smallest absolute Gasteiger partial charge is 0.349 e. The van der Waals surface area contributed by atoms with Crippen LogP contribution in [0.1, 0.15) is 5.69 Å². The summed E-state index contributed by atoms with van der Waals surface area (Å²) in [6.45, 7) is 0. The number of aromatic amines is 1. The van der Waals surface area contributed by atoms with E-state index in [2.05, 4.69) is 60.2 Å². The van der Waals surface area contributed by atoms with Crippen molar-refractivity contribution in [2.24, 2.45) is 7.05 Å². The zero-order valence-corrected chi connectivity index (χ0v) is 19.0. The molecule has 2 heterocycles. The van der Waals surface area contributed by atoms with Crippen molar-refractivity contribution in [3.05, 3.63) is 70.3 Å². The van der Waals surface area contributed by atoms with E-state index in [1.165, 1.54) is 0 Å². The minimum atomic E-state index is -0.816. The Labute approximate surface area is 190 Å². The Kier molecular flexibility index (Phi) is 5.13. The Hall–Kier alpha value is -2.73. The standard InChI is InChI=1S/C18H10I2N6O3/c1-25-8-22-13-3-2-10(6-15(13)25)29-16-11(19)4-9(5-12(16)20)26-18(28)23-17(27)14(7-21)24-26/h2-6,8H,1H3,(H,23,27,28). The lowest BCUT2D eigenvalue weighted by Crippen LogP contribution is -2.33. The van der Waals surface area contributed by atoms with Gasteiger partial charge in [-0.2, -0.15) is 9.94 Å². The Bertz CT molecular complexity index is 1410. The van der Waals surface area contributed by atoms with Crippen LogP contribution < -0.4 is 16.0 Å². The minimum absolute atomic E-state index is 0.389. The summed E-state index contributed by atoms with van der Waals surface area (Å²) in [5, 5.41) is 12.8. The molecule has 11 heteroatoms. The molecular weight excluding hydrogens is 602 g/mol. The number of benzene rings is 2. The summed E-state index contributed by atoms with van der Waals surface area (Å²) in [7, 11) is 1.91. The van der Waals surface area contributed by atoms with E-state index in [1.807, 2.05) is 29.8 Å².